The molecule has 0 unspecified atom stereocenters. The lowest BCUT2D eigenvalue weighted by Crippen LogP contribution is -2.33. The van der Waals surface area contributed by atoms with Crippen LogP contribution >= 0.6 is 0 Å². The molecule has 1 aromatic carbocycles. The number of carbonyl (C=O) groups is 1. The molecule has 2 N–H and O–H groups in total. The summed E-state index contributed by atoms with van der Waals surface area (Å²) < 4.78 is 0. The van der Waals surface area contributed by atoms with Gasteiger partial charge in [0, 0.05) is 11.7 Å². The van der Waals surface area contributed by atoms with Gasteiger partial charge in [-0.25, -0.2) is 9.97 Å². The molecule has 1 amide bonds. The number of nitrogens with zero attached hydrogens (tertiary/aromatic N) is 2. The number of hydrogen-bond acceptors (Lipinski definition) is 4. The van der Waals surface area contributed by atoms with Crippen molar-refractivity contribution in [2.75, 3.05) is 5.32 Å². The van der Waals surface area contributed by atoms with E-state index in [0.717, 1.165) is 18.5 Å². The molecule has 1 fully saturated rings. The number of anilines is 2. The van der Waals surface area contributed by atoms with Crippen LogP contribution in [0.1, 0.15) is 47.3 Å². The van der Waals surface area contributed by atoms with Crippen LogP contribution in [0, 0.1) is 13.8 Å². The molecule has 5 nitrogen and oxygen atoms in total. The maximum absolute atomic E-state index is 12.1. The first kappa shape index (κ1) is 15.5. The number of aromatic nitrogens is 2. The van der Waals surface area contributed by atoms with Crippen LogP contribution in [-0.2, 0) is 0 Å². The minimum Gasteiger partial charge on any atom is -0.348 e. The van der Waals surface area contributed by atoms with Crippen molar-refractivity contribution in [3.05, 3.63) is 47.4 Å². The monoisotopic (exact) mass is 310 g/mol. The molecule has 23 heavy (non-hydrogen) atoms. The van der Waals surface area contributed by atoms with E-state index in [1.165, 1.54) is 30.2 Å². The molecule has 0 radical (unpaired) electrons. The molecule has 120 valence electrons. The summed E-state index contributed by atoms with van der Waals surface area (Å²) in [4.78, 5) is 20.7. The molecule has 1 aliphatic rings. The molecule has 2 aromatic rings. The van der Waals surface area contributed by atoms with Gasteiger partial charge in [0.2, 0.25) is 0 Å². The van der Waals surface area contributed by atoms with E-state index in [-0.39, 0.29) is 11.9 Å². The first-order valence-electron chi connectivity index (χ1n) is 8.09. The third kappa shape index (κ3) is 3.67. The number of amides is 1. The van der Waals surface area contributed by atoms with Crippen molar-refractivity contribution in [2.24, 2.45) is 0 Å². The SMILES string of the molecule is Cc1cccc(Nc2cnc(C(=O)NC3CCCC3)cn2)c1C. The maximum atomic E-state index is 12.1. The number of benzene rings is 1. The Morgan fingerprint density at radius 1 is 1.13 bits per heavy atom. The largest absolute Gasteiger partial charge is 0.348 e. The Kier molecular flexibility index (Phi) is 4.55. The van der Waals surface area contributed by atoms with Crippen molar-refractivity contribution >= 4 is 17.4 Å². The summed E-state index contributed by atoms with van der Waals surface area (Å²) in [5.41, 5.74) is 3.76. The Hall–Kier alpha value is -2.43. The lowest BCUT2D eigenvalue weighted by molar-refractivity contribution is 0.0932. The van der Waals surface area contributed by atoms with Crippen molar-refractivity contribution in [1.29, 1.82) is 0 Å². The fourth-order valence-corrected chi connectivity index (χ4v) is 2.86. The zero-order chi connectivity index (χ0) is 16.2. The third-order valence-electron chi connectivity index (χ3n) is 4.44. The smallest absolute Gasteiger partial charge is 0.271 e. The third-order valence-corrected chi connectivity index (χ3v) is 4.44. The van der Waals surface area contributed by atoms with Crippen LogP contribution in [0.2, 0.25) is 0 Å². The summed E-state index contributed by atoms with van der Waals surface area (Å²) in [6.45, 7) is 4.14. The standard InChI is InChI=1S/C18H22N4O/c1-12-6-5-9-15(13(12)2)22-17-11-19-16(10-20-17)18(23)21-14-7-3-4-8-14/h5-6,9-11,14H,3-4,7-8H2,1-2H3,(H,20,22)(H,21,23). The Morgan fingerprint density at radius 2 is 1.91 bits per heavy atom. The maximum Gasteiger partial charge on any atom is 0.271 e. The van der Waals surface area contributed by atoms with E-state index in [2.05, 4.69) is 40.5 Å². The van der Waals surface area contributed by atoms with Gasteiger partial charge < -0.3 is 10.6 Å². The second-order valence-electron chi connectivity index (χ2n) is 6.11. The second-order valence-corrected chi connectivity index (χ2v) is 6.11. The van der Waals surface area contributed by atoms with Gasteiger partial charge in [0.25, 0.3) is 5.91 Å². The zero-order valence-corrected chi connectivity index (χ0v) is 13.6. The van der Waals surface area contributed by atoms with E-state index in [1.54, 1.807) is 6.20 Å². The van der Waals surface area contributed by atoms with Crippen LogP contribution in [0.15, 0.2) is 30.6 Å². The van der Waals surface area contributed by atoms with Crippen molar-refractivity contribution in [1.82, 2.24) is 15.3 Å². The molecule has 0 saturated heterocycles. The number of hydrogen-bond donors (Lipinski definition) is 2. The van der Waals surface area contributed by atoms with Gasteiger partial charge in [0.1, 0.15) is 11.5 Å². The van der Waals surface area contributed by atoms with Gasteiger partial charge in [-0.2, -0.15) is 0 Å². The quantitative estimate of drug-likeness (QED) is 0.907. The van der Waals surface area contributed by atoms with Gasteiger partial charge in [-0.3, -0.25) is 4.79 Å². The molecule has 5 heteroatoms. The van der Waals surface area contributed by atoms with Gasteiger partial charge in [0.05, 0.1) is 12.4 Å². The predicted molar refractivity (Wildman–Crippen MR) is 91.0 cm³/mol. The molecule has 0 atom stereocenters. The van der Waals surface area contributed by atoms with Crippen LogP contribution in [0.25, 0.3) is 0 Å². The Labute approximate surface area is 136 Å². The van der Waals surface area contributed by atoms with Gasteiger partial charge in [-0.05, 0) is 43.9 Å². The number of rotatable bonds is 4. The van der Waals surface area contributed by atoms with E-state index in [4.69, 9.17) is 0 Å². The van der Waals surface area contributed by atoms with Crippen molar-refractivity contribution in [2.45, 2.75) is 45.6 Å². The van der Waals surface area contributed by atoms with Crippen LogP contribution < -0.4 is 10.6 Å². The number of nitrogens with one attached hydrogen (secondary N) is 2. The van der Waals surface area contributed by atoms with Gasteiger partial charge in [0.15, 0.2) is 0 Å². The molecule has 1 aliphatic carbocycles. The highest BCUT2D eigenvalue weighted by atomic mass is 16.1. The molecule has 0 spiro atoms. The summed E-state index contributed by atoms with van der Waals surface area (Å²) in [6.07, 6.45) is 7.63. The lowest BCUT2D eigenvalue weighted by Gasteiger charge is -2.12. The minimum atomic E-state index is -0.136. The molecule has 1 heterocycles. The summed E-state index contributed by atoms with van der Waals surface area (Å²) in [7, 11) is 0. The van der Waals surface area contributed by atoms with E-state index in [1.807, 2.05) is 12.1 Å². The topological polar surface area (TPSA) is 66.9 Å². The molecule has 0 bridgehead atoms. The van der Waals surface area contributed by atoms with E-state index in [0.29, 0.717) is 11.5 Å². The van der Waals surface area contributed by atoms with E-state index in [9.17, 15) is 4.79 Å². The Morgan fingerprint density at radius 3 is 2.61 bits per heavy atom. The fourth-order valence-electron chi connectivity index (χ4n) is 2.86. The molecule has 1 aromatic heterocycles. The lowest BCUT2D eigenvalue weighted by atomic mass is 10.1. The van der Waals surface area contributed by atoms with Crippen molar-refractivity contribution < 1.29 is 4.79 Å². The van der Waals surface area contributed by atoms with Crippen LogP contribution in [-0.4, -0.2) is 21.9 Å². The predicted octanol–water partition coefficient (Wildman–Crippen LogP) is 3.51. The van der Waals surface area contributed by atoms with Gasteiger partial charge >= 0.3 is 0 Å². The zero-order valence-electron chi connectivity index (χ0n) is 13.6. The summed E-state index contributed by atoms with van der Waals surface area (Å²) in [5, 5.41) is 6.27. The second kappa shape index (κ2) is 6.77. The summed E-state index contributed by atoms with van der Waals surface area (Å²) in [6, 6.07) is 6.37. The molecule has 1 saturated carbocycles. The first-order valence-corrected chi connectivity index (χ1v) is 8.09. The fraction of sp³-hybridized carbons (Fsp3) is 0.389. The number of aryl methyl sites for hydroxylation is 1. The van der Waals surface area contributed by atoms with E-state index < -0.39 is 0 Å². The van der Waals surface area contributed by atoms with Crippen molar-refractivity contribution in [3.63, 3.8) is 0 Å². The molecular formula is C18H22N4O. The molecular weight excluding hydrogens is 288 g/mol. The highest BCUT2D eigenvalue weighted by Gasteiger charge is 2.18. The van der Waals surface area contributed by atoms with E-state index >= 15 is 0 Å². The summed E-state index contributed by atoms with van der Waals surface area (Å²) in [5.74, 6) is 0.499. The summed E-state index contributed by atoms with van der Waals surface area (Å²) >= 11 is 0. The highest BCUT2D eigenvalue weighted by Crippen LogP contribution is 2.21. The molecule has 0 aliphatic heterocycles. The van der Waals surface area contributed by atoms with Crippen LogP contribution in [0.5, 0.6) is 0 Å². The average Bonchev–Trinajstić information content (AvgIpc) is 3.05. The van der Waals surface area contributed by atoms with Crippen molar-refractivity contribution in [3.8, 4) is 0 Å². The normalized spacial score (nSPS) is 14.7. The number of carbonyl (C=O) groups excluding carboxylic acids is 1. The minimum absolute atomic E-state index is 0.136. The average molecular weight is 310 g/mol. The van der Waals surface area contributed by atoms with Gasteiger partial charge in [-0.15, -0.1) is 0 Å². The highest BCUT2D eigenvalue weighted by molar-refractivity contribution is 5.92. The first-order chi connectivity index (χ1) is 11.1. The van der Waals surface area contributed by atoms with Gasteiger partial charge in [-0.1, -0.05) is 25.0 Å². The Bertz CT molecular complexity index is 691. The van der Waals surface area contributed by atoms with Crippen LogP contribution in [0.3, 0.4) is 0 Å². The molecule has 3 rings (SSSR count). The van der Waals surface area contributed by atoms with Crippen LogP contribution in [0.4, 0.5) is 11.5 Å². The Balaban J connectivity index is 1.66.